The Morgan fingerprint density at radius 2 is 2.20 bits per heavy atom. The van der Waals surface area contributed by atoms with Crippen LogP contribution in [0.15, 0.2) is 24.5 Å². The zero-order valence-electron chi connectivity index (χ0n) is 10.4. The lowest BCUT2D eigenvalue weighted by molar-refractivity contribution is 0.463. The Labute approximate surface area is 119 Å². The lowest BCUT2D eigenvalue weighted by Crippen LogP contribution is -1.94. The first kappa shape index (κ1) is 12.4. The molecule has 7 heteroatoms. The van der Waals surface area contributed by atoms with E-state index in [2.05, 4.69) is 26.0 Å². The van der Waals surface area contributed by atoms with Gasteiger partial charge in [-0.2, -0.15) is 15.2 Å². The molecule has 0 fully saturated rings. The molecule has 0 amide bonds. The largest absolute Gasteiger partial charge is 0.437 e. The molecule has 1 aromatic carbocycles. The van der Waals surface area contributed by atoms with E-state index in [9.17, 15) is 0 Å². The van der Waals surface area contributed by atoms with E-state index in [0.717, 1.165) is 5.56 Å². The molecule has 0 radical (unpaired) electrons. The molecule has 20 heavy (non-hydrogen) atoms. The summed E-state index contributed by atoms with van der Waals surface area (Å²) >= 11 is 5.84. The first-order chi connectivity index (χ1) is 9.67. The van der Waals surface area contributed by atoms with Crippen LogP contribution >= 0.6 is 11.6 Å². The van der Waals surface area contributed by atoms with Gasteiger partial charge in [-0.05, 0) is 36.2 Å². The van der Waals surface area contributed by atoms with E-state index in [4.69, 9.17) is 21.6 Å². The van der Waals surface area contributed by atoms with Crippen molar-refractivity contribution < 1.29 is 4.74 Å². The number of hydrogen-bond donors (Lipinski definition) is 1. The fourth-order valence-electron chi connectivity index (χ4n) is 1.74. The summed E-state index contributed by atoms with van der Waals surface area (Å²) in [5.41, 5.74) is 2.36. The molecule has 0 atom stereocenters. The molecular formula is C13H8ClN5O. The number of nitrogens with one attached hydrogen (secondary N) is 1. The first-order valence-corrected chi connectivity index (χ1v) is 6.10. The second-order valence-corrected chi connectivity index (χ2v) is 4.43. The topological polar surface area (TPSA) is 87.5 Å². The van der Waals surface area contributed by atoms with Crippen LogP contribution < -0.4 is 4.74 Å². The number of fused-ring (bicyclic) bond motifs is 1. The van der Waals surface area contributed by atoms with Crippen molar-refractivity contribution in [1.29, 1.82) is 5.26 Å². The molecule has 6 nitrogen and oxygen atoms in total. The number of aromatic nitrogens is 4. The third kappa shape index (κ3) is 2.15. The van der Waals surface area contributed by atoms with Gasteiger partial charge in [0.25, 0.3) is 0 Å². The molecule has 0 aliphatic rings. The van der Waals surface area contributed by atoms with Crippen LogP contribution in [0.5, 0.6) is 11.6 Å². The molecule has 3 rings (SSSR count). The molecule has 0 aliphatic carbocycles. The van der Waals surface area contributed by atoms with Gasteiger partial charge in [-0.25, -0.2) is 4.98 Å². The highest BCUT2D eigenvalue weighted by atomic mass is 35.5. The average molecular weight is 286 g/mol. The Balaban J connectivity index is 2.09. The maximum Gasteiger partial charge on any atom is 0.250 e. The summed E-state index contributed by atoms with van der Waals surface area (Å²) in [5, 5.41) is 8.98. The van der Waals surface area contributed by atoms with Crippen molar-refractivity contribution >= 4 is 22.8 Å². The van der Waals surface area contributed by atoms with E-state index in [0.29, 0.717) is 22.5 Å². The van der Waals surface area contributed by atoms with Crippen LogP contribution in [0.4, 0.5) is 0 Å². The Hall–Kier alpha value is -2.65. The second kappa shape index (κ2) is 4.79. The molecule has 3 aromatic rings. The normalized spacial score (nSPS) is 10.4. The van der Waals surface area contributed by atoms with Crippen LogP contribution in [0.1, 0.15) is 11.1 Å². The molecule has 0 saturated heterocycles. The molecule has 0 saturated carbocycles. The van der Waals surface area contributed by atoms with Crippen molar-refractivity contribution in [2.24, 2.45) is 0 Å². The summed E-state index contributed by atoms with van der Waals surface area (Å²) in [7, 11) is 0. The number of halogens is 1. The number of imidazole rings is 1. The van der Waals surface area contributed by atoms with Crippen molar-refractivity contribution in [3.8, 4) is 17.7 Å². The molecule has 2 aromatic heterocycles. The SMILES string of the molecule is Cc1ccc(C#N)cc1Oc1nc(Cl)nc2nc[nH]c12. The highest BCUT2D eigenvalue weighted by Gasteiger charge is 2.12. The lowest BCUT2D eigenvalue weighted by atomic mass is 10.1. The number of H-pyrrole nitrogens is 1. The summed E-state index contributed by atoms with van der Waals surface area (Å²) in [4.78, 5) is 14.9. The quantitative estimate of drug-likeness (QED) is 0.731. The van der Waals surface area contributed by atoms with E-state index >= 15 is 0 Å². The molecular weight excluding hydrogens is 278 g/mol. The third-order valence-corrected chi connectivity index (χ3v) is 2.92. The number of nitriles is 1. The van der Waals surface area contributed by atoms with Gasteiger partial charge in [-0.1, -0.05) is 6.07 Å². The highest BCUT2D eigenvalue weighted by Crippen LogP contribution is 2.29. The number of hydrogen-bond acceptors (Lipinski definition) is 5. The molecule has 0 unspecified atom stereocenters. The lowest BCUT2D eigenvalue weighted by Gasteiger charge is -2.08. The number of rotatable bonds is 2. The summed E-state index contributed by atoms with van der Waals surface area (Å²) in [6, 6.07) is 7.24. The maximum absolute atomic E-state index is 8.93. The Bertz CT molecular complexity index is 836. The molecule has 0 aliphatic heterocycles. The van der Waals surface area contributed by atoms with Gasteiger partial charge in [0.05, 0.1) is 18.0 Å². The van der Waals surface area contributed by atoms with Crippen molar-refractivity contribution in [3.63, 3.8) is 0 Å². The van der Waals surface area contributed by atoms with Crippen molar-refractivity contribution in [2.45, 2.75) is 6.92 Å². The predicted molar refractivity (Wildman–Crippen MR) is 72.7 cm³/mol. The van der Waals surface area contributed by atoms with Gasteiger partial charge in [-0.15, -0.1) is 0 Å². The number of aryl methyl sites for hydroxylation is 1. The van der Waals surface area contributed by atoms with Gasteiger partial charge in [0.2, 0.25) is 11.2 Å². The van der Waals surface area contributed by atoms with Gasteiger partial charge in [0, 0.05) is 0 Å². The van der Waals surface area contributed by atoms with E-state index in [1.165, 1.54) is 6.33 Å². The van der Waals surface area contributed by atoms with Gasteiger partial charge in [-0.3, -0.25) is 0 Å². The summed E-state index contributed by atoms with van der Waals surface area (Å²) in [6.45, 7) is 1.88. The van der Waals surface area contributed by atoms with Gasteiger partial charge in [0.1, 0.15) is 11.3 Å². The van der Waals surface area contributed by atoms with Crippen LogP contribution in [0.2, 0.25) is 5.28 Å². The molecule has 2 heterocycles. The number of ether oxygens (including phenoxy) is 1. The van der Waals surface area contributed by atoms with Gasteiger partial charge < -0.3 is 9.72 Å². The Morgan fingerprint density at radius 1 is 1.35 bits per heavy atom. The minimum Gasteiger partial charge on any atom is -0.437 e. The molecule has 0 spiro atoms. The monoisotopic (exact) mass is 285 g/mol. The Kier molecular flexibility index (Phi) is 2.97. The molecule has 98 valence electrons. The highest BCUT2D eigenvalue weighted by molar-refractivity contribution is 6.28. The minimum absolute atomic E-state index is 0.0497. The standard InChI is InChI=1S/C13H8ClN5O/c1-7-2-3-8(5-15)4-9(7)20-12-10-11(17-6-16-10)18-13(14)19-12/h2-4,6H,1H3,(H,16,17,18,19). The van der Waals surface area contributed by atoms with E-state index in [1.54, 1.807) is 18.2 Å². The molecule has 0 bridgehead atoms. The van der Waals surface area contributed by atoms with Crippen molar-refractivity contribution in [1.82, 2.24) is 19.9 Å². The fourth-order valence-corrected chi connectivity index (χ4v) is 1.90. The third-order valence-electron chi connectivity index (χ3n) is 2.75. The van der Waals surface area contributed by atoms with Gasteiger partial charge in [0.15, 0.2) is 5.65 Å². The van der Waals surface area contributed by atoms with E-state index in [-0.39, 0.29) is 11.2 Å². The minimum atomic E-state index is 0.0497. The summed E-state index contributed by atoms with van der Waals surface area (Å²) in [5.74, 6) is 0.811. The summed E-state index contributed by atoms with van der Waals surface area (Å²) in [6.07, 6.45) is 1.49. The fraction of sp³-hybridized carbons (Fsp3) is 0.0769. The smallest absolute Gasteiger partial charge is 0.250 e. The summed E-state index contributed by atoms with van der Waals surface area (Å²) < 4.78 is 5.75. The van der Waals surface area contributed by atoms with Crippen LogP contribution in [0, 0.1) is 18.3 Å². The van der Waals surface area contributed by atoms with Crippen LogP contribution in [0.3, 0.4) is 0 Å². The predicted octanol–water partition coefficient (Wildman–Crippen LogP) is 2.98. The van der Waals surface area contributed by atoms with Gasteiger partial charge >= 0.3 is 0 Å². The van der Waals surface area contributed by atoms with Crippen molar-refractivity contribution in [3.05, 3.63) is 40.9 Å². The Morgan fingerprint density at radius 3 is 3.00 bits per heavy atom. The number of aromatic amines is 1. The van der Waals surface area contributed by atoms with Crippen molar-refractivity contribution in [2.75, 3.05) is 0 Å². The number of benzene rings is 1. The van der Waals surface area contributed by atoms with E-state index in [1.807, 2.05) is 6.92 Å². The van der Waals surface area contributed by atoms with E-state index < -0.39 is 0 Å². The zero-order chi connectivity index (χ0) is 14.1. The van der Waals surface area contributed by atoms with Crippen LogP contribution in [-0.4, -0.2) is 19.9 Å². The average Bonchev–Trinajstić information content (AvgIpc) is 2.89. The van der Waals surface area contributed by atoms with Crippen LogP contribution in [0.25, 0.3) is 11.2 Å². The first-order valence-electron chi connectivity index (χ1n) is 5.72. The zero-order valence-corrected chi connectivity index (χ0v) is 11.1. The second-order valence-electron chi connectivity index (χ2n) is 4.09. The maximum atomic E-state index is 8.93. The van der Waals surface area contributed by atoms with Crippen LogP contribution in [-0.2, 0) is 0 Å². The molecule has 1 N–H and O–H groups in total. The number of nitrogens with zero attached hydrogens (tertiary/aromatic N) is 4.